The molecule has 0 unspecified atom stereocenters. The van der Waals surface area contributed by atoms with E-state index in [0.29, 0.717) is 5.76 Å². The summed E-state index contributed by atoms with van der Waals surface area (Å²) >= 11 is 1.15. The number of aromatic nitrogens is 1. The van der Waals surface area contributed by atoms with Crippen LogP contribution in [-0.2, 0) is 21.4 Å². The van der Waals surface area contributed by atoms with Crippen LogP contribution in [0.2, 0.25) is 0 Å². The summed E-state index contributed by atoms with van der Waals surface area (Å²) in [5, 5.41) is 4.53. The first kappa shape index (κ1) is 17.2. The van der Waals surface area contributed by atoms with Crippen molar-refractivity contribution < 1.29 is 17.6 Å². The zero-order chi connectivity index (χ0) is 17.7. The van der Waals surface area contributed by atoms with E-state index in [9.17, 15) is 13.2 Å². The fourth-order valence-corrected chi connectivity index (χ4v) is 4.37. The predicted octanol–water partition coefficient (Wildman–Crippen LogP) is 2.25. The molecule has 25 heavy (non-hydrogen) atoms. The van der Waals surface area contributed by atoms with Crippen molar-refractivity contribution in [3.63, 3.8) is 0 Å². The molecule has 0 aliphatic carbocycles. The smallest absolute Gasteiger partial charge is 0.266 e. The van der Waals surface area contributed by atoms with Crippen LogP contribution in [0, 0.1) is 0 Å². The second kappa shape index (κ2) is 7.49. The summed E-state index contributed by atoms with van der Waals surface area (Å²) in [5.41, 5.74) is 0. The molecule has 2 heterocycles. The van der Waals surface area contributed by atoms with E-state index in [4.69, 9.17) is 4.42 Å². The van der Waals surface area contributed by atoms with E-state index in [1.54, 1.807) is 35.7 Å². The van der Waals surface area contributed by atoms with Crippen molar-refractivity contribution >= 4 is 32.4 Å². The van der Waals surface area contributed by atoms with Crippen molar-refractivity contribution in [1.82, 2.24) is 10.3 Å². The standard InChI is InChI=1S/C16H15N3O4S2/c20-15(18-11-13-5-4-9-23-13)12-19(16-17-8-10-24-16)25(21,22)14-6-2-1-3-7-14/h1-10H,11-12H2,(H,18,20). The van der Waals surface area contributed by atoms with E-state index < -0.39 is 15.9 Å². The maximum atomic E-state index is 12.9. The molecule has 130 valence electrons. The molecule has 7 nitrogen and oxygen atoms in total. The van der Waals surface area contributed by atoms with Gasteiger partial charge in [0.2, 0.25) is 5.91 Å². The Labute approximate surface area is 149 Å². The van der Waals surface area contributed by atoms with Crippen LogP contribution in [0.15, 0.2) is 69.6 Å². The third-order valence-corrected chi connectivity index (χ3v) is 5.95. The number of thiazole rings is 1. The third-order valence-electron chi connectivity index (χ3n) is 3.29. The Morgan fingerprint density at radius 1 is 1.20 bits per heavy atom. The summed E-state index contributed by atoms with van der Waals surface area (Å²) < 4.78 is 31.9. The van der Waals surface area contributed by atoms with Crippen LogP contribution < -0.4 is 9.62 Å². The third kappa shape index (κ3) is 4.06. The molecule has 1 aromatic carbocycles. The van der Waals surface area contributed by atoms with Crippen molar-refractivity contribution in [3.05, 3.63) is 66.1 Å². The van der Waals surface area contributed by atoms with Crippen molar-refractivity contribution in [1.29, 1.82) is 0 Å². The Morgan fingerprint density at radius 2 is 2.00 bits per heavy atom. The Balaban J connectivity index is 1.80. The van der Waals surface area contributed by atoms with Crippen molar-refractivity contribution in [3.8, 4) is 0 Å². The zero-order valence-electron chi connectivity index (χ0n) is 13.0. The lowest BCUT2D eigenvalue weighted by Crippen LogP contribution is -2.40. The van der Waals surface area contributed by atoms with Gasteiger partial charge in [0.1, 0.15) is 12.3 Å². The van der Waals surface area contributed by atoms with Gasteiger partial charge in [0, 0.05) is 11.6 Å². The maximum Gasteiger partial charge on any atom is 0.266 e. The lowest BCUT2D eigenvalue weighted by atomic mass is 10.4. The quantitative estimate of drug-likeness (QED) is 0.682. The summed E-state index contributed by atoms with van der Waals surface area (Å²) in [5.74, 6) is 0.131. The molecule has 0 atom stereocenters. The normalized spacial score (nSPS) is 11.2. The Morgan fingerprint density at radius 3 is 2.64 bits per heavy atom. The molecule has 0 bridgehead atoms. The predicted molar refractivity (Wildman–Crippen MR) is 93.6 cm³/mol. The fraction of sp³-hybridized carbons (Fsp3) is 0.125. The molecule has 0 spiro atoms. The molecule has 0 radical (unpaired) electrons. The number of benzene rings is 1. The highest BCUT2D eigenvalue weighted by Gasteiger charge is 2.28. The molecular weight excluding hydrogens is 362 g/mol. The summed E-state index contributed by atoms with van der Waals surface area (Å²) in [6, 6.07) is 11.4. The monoisotopic (exact) mass is 377 g/mol. The van der Waals surface area contributed by atoms with E-state index >= 15 is 0 Å². The number of carbonyl (C=O) groups is 1. The average Bonchev–Trinajstić information content (AvgIpc) is 3.32. The average molecular weight is 377 g/mol. The van der Waals surface area contributed by atoms with Gasteiger partial charge < -0.3 is 9.73 Å². The van der Waals surface area contributed by atoms with E-state index in [2.05, 4.69) is 10.3 Å². The highest BCUT2D eigenvalue weighted by atomic mass is 32.2. The Bertz CT molecular complexity index is 908. The number of nitrogens with one attached hydrogen (secondary N) is 1. The first-order chi connectivity index (χ1) is 12.1. The summed E-state index contributed by atoms with van der Waals surface area (Å²) in [7, 11) is -3.89. The van der Waals surface area contributed by atoms with Crippen LogP contribution in [0.3, 0.4) is 0 Å². The molecule has 0 saturated carbocycles. The van der Waals surface area contributed by atoms with Crippen molar-refractivity contribution in [2.45, 2.75) is 11.4 Å². The molecule has 0 fully saturated rings. The van der Waals surface area contributed by atoms with Gasteiger partial charge >= 0.3 is 0 Å². The first-order valence-electron chi connectivity index (χ1n) is 7.34. The van der Waals surface area contributed by atoms with Crippen LogP contribution in [0.1, 0.15) is 5.76 Å². The number of nitrogens with zero attached hydrogens (tertiary/aromatic N) is 2. The molecule has 0 aliphatic heterocycles. The van der Waals surface area contributed by atoms with Crippen LogP contribution in [-0.4, -0.2) is 25.9 Å². The van der Waals surface area contributed by atoms with Gasteiger partial charge in [0.05, 0.1) is 17.7 Å². The van der Waals surface area contributed by atoms with Gasteiger partial charge in [0.15, 0.2) is 5.13 Å². The van der Waals surface area contributed by atoms with E-state index in [1.165, 1.54) is 24.6 Å². The molecule has 0 aliphatic rings. The lowest BCUT2D eigenvalue weighted by Gasteiger charge is -2.21. The Kier molecular flexibility index (Phi) is 5.15. The number of rotatable bonds is 7. The van der Waals surface area contributed by atoms with E-state index in [0.717, 1.165) is 15.6 Å². The molecule has 9 heteroatoms. The maximum absolute atomic E-state index is 12.9. The number of anilines is 1. The fourth-order valence-electron chi connectivity index (χ4n) is 2.10. The zero-order valence-corrected chi connectivity index (χ0v) is 14.7. The van der Waals surface area contributed by atoms with Crippen molar-refractivity contribution in [2.75, 3.05) is 10.8 Å². The number of carbonyl (C=O) groups excluding carboxylic acids is 1. The summed E-state index contributed by atoms with van der Waals surface area (Å²) in [6.45, 7) is -0.186. The number of hydrogen-bond donors (Lipinski definition) is 1. The largest absolute Gasteiger partial charge is 0.467 e. The van der Waals surface area contributed by atoms with E-state index in [-0.39, 0.29) is 23.1 Å². The SMILES string of the molecule is O=C(CN(c1nccs1)S(=O)(=O)c1ccccc1)NCc1ccco1. The topological polar surface area (TPSA) is 92.5 Å². The van der Waals surface area contributed by atoms with Gasteiger partial charge in [-0.25, -0.2) is 17.7 Å². The highest BCUT2D eigenvalue weighted by molar-refractivity contribution is 7.93. The molecule has 2 aromatic heterocycles. The molecular formula is C16H15N3O4S2. The number of furan rings is 1. The molecule has 0 saturated heterocycles. The molecule has 1 amide bonds. The minimum absolute atomic E-state index is 0.101. The molecule has 1 N–H and O–H groups in total. The van der Waals surface area contributed by atoms with Gasteiger partial charge in [-0.1, -0.05) is 18.2 Å². The van der Waals surface area contributed by atoms with Crippen LogP contribution >= 0.6 is 11.3 Å². The minimum atomic E-state index is -3.89. The second-order valence-electron chi connectivity index (χ2n) is 5.00. The second-order valence-corrected chi connectivity index (χ2v) is 7.73. The highest BCUT2D eigenvalue weighted by Crippen LogP contribution is 2.25. The van der Waals surface area contributed by atoms with E-state index in [1.807, 2.05) is 0 Å². The van der Waals surface area contributed by atoms with Crippen LogP contribution in [0.5, 0.6) is 0 Å². The summed E-state index contributed by atoms with van der Waals surface area (Å²) in [4.78, 5) is 16.4. The molecule has 3 rings (SSSR count). The van der Waals surface area contributed by atoms with Gasteiger partial charge in [-0.05, 0) is 24.3 Å². The summed E-state index contributed by atoms with van der Waals surface area (Å²) in [6.07, 6.45) is 3.00. The van der Waals surface area contributed by atoms with Gasteiger partial charge in [-0.15, -0.1) is 11.3 Å². The number of amides is 1. The van der Waals surface area contributed by atoms with Crippen molar-refractivity contribution in [2.24, 2.45) is 0 Å². The number of hydrogen-bond acceptors (Lipinski definition) is 6. The first-order valence-corrected chi connectivity index (χ1v) is 9.66. The van der Waals surface area contributed by atoms with Crippen LogP contribution in [0.25, 0.3) is 0 Å². The Hall–Kier alpha value is -2.65. The lowest BCUT2D eigenvalue weighted by molar-refractivity contribution is -0.119. The van der Waals surface area contributed by atoms with Gasteiger partial charge in [-0.2, -0.15) is 0 Å². The molecule has 3 aromatic rings. The number of sulfonamides is 1. The van der Waals surface area contributed by atoms with Crippen LogP contribution in [0.4, 0.5) is 5.13 Å². The minimum Gasteiger partial charge on any atom is -0.467 e. The van der Waals surface area contributed by atoms with Gasteiger partial charge in [0.25, 0.3) is 10.0 Å². The van der Waals surface area contributed by atoms with Gasteiger partial charge in [-0.3, -0.25) is 4.79 Å².